The van der Waals surface area contributed by atoms with Crippen molar-refractivity contribution in [2.75, 3.05) is 20.1 Å². The fourth-order valence-corrected chi connectivity index (χ4v) is 1.14. The lowest BCUT2D eigenvalue weighted by atomic mass is 10.00. The van der Waals surface area contributed by atoms with Gasteiger partial charge in [-0.25, -0.2) is 0 Å². The topological polar surface area (TPSA) is 3.24 Å². The molecule has 1 saturated heterocycles. The summed E-state index contributed by atoms with van der Waals surface area (Å²) in [4.78, 5) is 2.40. The Labute approximate surface area is 78.5 Å². The number of hydrogen-bond donors (Lipinski definition) is 0. The maximum Gasteiger partial charge on any atom is -0.00192 e. The Morgan fingerprint density at radius 1 is 1.08 bits per heavy atom. The lowest BCUT2D eigenvalue weighted by Gasteiger charge is -2.26. The normalized spacial score (nSPS) is 18.3. The molecule has 1 heterocycles. The SMILES string of the molecule is C=C.CC.CC1CCN(C)CC1. The molecule has 0 aromatic heterocycles. The molecule has 1 rings (SSSR count). The summed E-state index contributed by atoms with van der Waals surface area (Å²) in [7, 11) is 2.20. The molecule has 0 atom stereocenters. The van der Waals surface area contributed by atoms with E-state index in [1.54, 1.807) is 0 Å². The molecule has 0 bridgehead atoms. The molecule has 0 saturated carbocycles. The molecule has 1 fully saturated rings. The van der Waals surface area contributed by atoms with E-state index in [0.717, 1.165) is 5.92 Å². The number of piperidine rings is 1. The first kappa shape index (κ1) is 14.2. The van der Waals surface area contributed by atoms with Crippen molar-refractivity contribution < 1.29 is 0 Å². The van der Waals surface area contributed by atoms with Crippen LogP contribution in [0, 0.1) is 5.92 Å². The zero-order valence-corrected chi connectivity index (χ0v) is 9.27. The summed E-state index contributed by atoms with van der Waals surface area (Å²) in [5.74, 6) is 0.978. The molecule has 12 heavy (non-hydrogen) atoms. The summed E-state index contributed by atoms with van der Waals surface area (Å²) in [5, 5.41) is 0. The Kier molecular flexibility index (Phi) is 12.7. The van der Waals surface area contributed by atoms with Crippen LogP contribution in [0.3, 0.4) is 0 Å². The largest absolute Gasteiger partial charge is 0.306 e. The monoisotopic (exact) mass is 171 g/mol. The minimum atomic E-state index is 0.978. The van der Waals surface area contributed by atoms with Crippen molar-refractivity contribution in [2.45, 2.75) is 33.6 Å². The van der Waals surface area contributed by atoms with Gasteiger partial charge in [-0.1, -0.05) is 20.8 Å². The second-order valence-corrected chi connectivity index (χ2v) is 2.99. The molecule has 0 aromatic carbocycles. The van der Waals surface area contributed by atoms with Gasteiger partial charge in [0.15, 0.2) is 0 Å². The van der Waals surface area contributed by atoms with Crippen molar-refractivity contribution >= 4 is 0 Å². The zero-order chi connectivity index (χ0) is 9.98. The summed E-state index contributed by atoms with van der Waals surface area (Å²) >= 11 is 0. The van der Waals surface area contributed by atoms with E-state index in [2.05, 4.69) is 32.0 Å². The third-order valence-electron chi connectivity index (χ3n) is 2.01. The molecule has 0 radical (unpaired) electrons. The molecule has 1 heteroatoms. The van der Waals surface area contributed by atoms with Gasteiger partial charge in [0.2, 0.25) is 0 Å². The number of nitrogens with zero attached hydrogens (tertiary/aromatic N) is 1. The minimum Gasteiger partial charge on any atom is -0.306 e. The molecular formula is C11H25N. The molecule has 0 unspecified atom stereocenters. The molecule has 1 nitrogen and oxygen atoms in total. The van der Waals surface area contributed by atoms with E-state index in [1.165, 1.54) is 25.9 Å². The maximum absolute atomic E-state index is 3.00. The Morgan fingerprint density at radius 3 is 1.67 bits per heavy atom. The van der Waals surface area contributed by atoms with Crippen LogP contribution in [0.4, 0.5) is 0 Å². The van der Waals surface area contributed by atoms with E-state index in [1.807, 2.05) is 13.8 Å². The molecule has 0 aliphatic carbocycles. The van der Waals surface area contributed by atoms with Gasteiger partial charge in [0.1, 0.15) is 0 Å². The lowest BCUT2D eigenvalue weighted by Crippen LogP contribution is -2.28. The molecule has 0 aromatic rings. The maximum atomic E-state index is 3.00. The first-order chi connectivity index (χ1) is 5.79. The second-order valence-electron chi connectivity index (χ2n) is 2.99. The third kappa shape index (κ3) is 7.80. The van der Waals surface area contributed by atoms with Gasteiger partial charge in [-0.15, -0.1) is 13.2 Å². The average molecular weight is 171 g/mol. The van der Waals surface area contributed by atoms with Gasteiger partial charge in [-0.05, 0) is 38.9 Å². The Balaban J connectivity index is 0. The van der Waals surface area contributed by atoms with Crippen LogP contribution in [-0.2, 0) is 0 Å². The fraction of sp³-hybridized carbons (Fsp3) is 0.818. The van der Waals surface area contributed by atoms with E-state index >= 15 is 0 Å². The number of rotatable bonds is 0. The van der Waals surface area contributed by atoms with Crippen molar-refractivity contribution in [1.29, 1.82) is 0 Å². The third-order valence-corrected chi connectivity index (χ3v) is 2.01. The van der Waals surface area contributed by atoms with E-state index in [-0.39, 0.29) is 0 Å². The lowest BCUT2D eigenvalue weighted by molar-refractivity contribution is 0.230. The summed E-state index contributed by atoms with van der Waals surface area (Å²) < 4.78 is 0. The smallest absolute Gasteiger partial charge is 0.00192 e. The van der Waals surface area contributed by atoms with Crippen LogP contribution >= 0.6 is 0 Å². The van der Waals surface area contributed by atoms with Crippen LogP contribution in [0.25, 0.3) is 0 Å². The van der Waals surface area contributed by atoms with Gasteiger partial charge >= 0.3 is 0 Å². The van der Waals surface area contributed by atoms with Crippen molar-refractivity contribution in [3.8, 4) is 0 Å². The number of likely N-dealkylation sites (tertiary alicyclic amines) is 1. The van der Waals surface area contributed by atoms with Gasteiger partial charge in [0, 0.05) is 0 Å². The zero-order valence-electron chi connectivity index (χ0n) is 9.27. The van der Waals surface area contributed by atoms with Crippen LogP contribution in [-0.4, -0.2) is 25.0 Å². The van der Waals surface area contributed by atoms with Crippen LogP contribution in [0.2, 0.25) is 0 Å². The molecule has 0 amide bonds. The molecule has 1 aliphatic heterocycles. The van der Waals surface area contributed by atoms with Crippen molar-refractivity contribution in [3.05, 3.63) is 13.2 Å². The highest BCUT2D eigenvalue weighted by atomic mass is 15.1. The van der Waals surface area contributed by atoms with Gasteiger partial charge in [0.25, 0.3) is 0 Å². The van der Waals surface area contributed by atoms with Gasteiger partial charge < -0.3 is 4.90 Å². The van der Waals surface area contributed by atoms with Gasteiger partial charge in [0.05, 0.1) is 0 Å². The highest BCUT2D eigenvalue weighted by Gasteiger charge is 2.10. The summed E-state index contributed by atoms with van der Waals surface area (Å²) in [5.41, 5.74) is 0. The standard InChI is InChI=1S/C7H15N.C2H6.C2H4/c1-7-3-5-8(2)6-4-7;2*1-2/h7H,3-6H2,1-2H3;1-2H3;1-2H2. The van der Waals surface area contributed by atoms with Crippen molar-refractivity contribution in [3.63, 3.8) is 0 Å². The Morgan fingerprint density at radius 2 is 1.42 bits per heavy atom. The highest BCUT2D eigenvalue weighted by Crippen LogP contribution is 2.13. The second kappa shape index (κ2) is 10.7. The van der Waals surface area contributed by atoms with E-state index in [4.69, 9.17) is 0 Å². The van der Waals surface area contributed by atoms with Crippen LogP contribution in [0.5, 0.6) is 0 Å². The molecule has 1 aliphatic rings. The predicted octanol–water partition coefficient (Wildman–Crippen LogP) is 3.18. The first-order valence-electron chi connectivity index (χ1n) is 4.97. The predicted molar refractivity (Wildman–Crippen MR) is 58.5 cm³/mol. The van der Waals surface area contributed by atoms with Crippen LogP contribution < -0.4 is 0 Å². The van der Waals surface area contributed by atoms with E-state index in [0.29, 0.717) is 0 Å². The summed E-state index contributed by atoms with van der Waals surface area (Å²) in [6.07, 6.45) is 2.80. The molecule has 0 spiro atoms. The summed E-state index contributed by atoms with van der Waals surface area (Å²) in [6, 6.07) is 0. The van der Waals surface area contributed by atoms with Crippen molar-refractivity contribution in [2.24, 2.45) is 5.92 Å². The van der Waals surface area contributed by atoms with Crippen LogP contribution in [0.1, 0.15) is 33.6 Å². The van der Waals surface area contributed by atoms with Crippen molar-refractivity contribution in [1.82, 2.24) is 4.90 Å². The minimum absolute atomic E-state index is 0.978. The molecule has 74 valence electrons. The number of hydrogen-bond acceptors (Lipinski definition) is 1. The van der Waals surface area contributed by atoms with Gasteiger partial charge in [-0.2, -0.15) is 0 Å². The molecule has 0 N–H and O–H groups in total. The summed E-state index contributed by atoms with van der Waals surface area (Å²) in [6.45, 7) is 15.0. The van der Waals surface area contributed by atoms with Gasteiger partial charge in [-0.3, -0.25) is 0 Å². The quantitative estimate of drug-likeness (QED) is 0.506. The Hall–Kier alpha value is -0.300. The first-order valence-corrected chi connectivity index (χ1v) is 4.97. The average Bonchev–Trinajstić information content (AvgIpc) is 2.17. The Bertz CT molecular complexity index is 63.1. The molecular weight excluding hydrogens is 146 g/mol. The van der Waals surface area contributed by atoms with Crippen LogP contribution in [0.15, 0.2) is 13.2 Å². The highest BCUT2D eigenvalue weighted by molar-refractivity contribution is 4.65. The fourth-order valence-electron chi connectivity index (χ4n) is 1.14. The van der Waals surface area contributed by atoms with E-state index in [9.17, 15) is 0 Å². The van der Waals surface area contributed by atoms with E-state index < -0.39 is 0 Å².